The van der Waals surface area contributed by atoms with Gasteiger partial charge in [-0.1, -0.05) is 41.4 Å². The van der Waals surface area contributed by atoms with E-state index in [1.54, 1.807) is 51.9 Å². The van der Waals surface area contributed by atoms with Crippen LogP contribution in [0, 0.1) is 0 Å². The molecule has 0 radical (unpaired) electrons. The molecule has 3 heterocycles. The number of fused-ring (bicyclic) bond motifs is 1. The average molecular weight is 534 g/mol. The van der Waals surface area contributed by atoms with Crippen LogP contribution in [0.15, 0.2) is 60.8 Å². The second-order valence-electron chi connectivity index (χ2n) is 8.40. The molecule has 4 aromatic rings. The van der Waals surface area contributed by atoms with Gasteiger partial charge in [-0.05, 0) is 42.0 Å². The minimum atomic E-state index is -4.58. The van der Waals surface area contributed by atoms with Gasteiger partial charge in [-0.2, -0.15) is 13.2 Å². The maximum atomic E-state index is 13.4. The highest BCUT2D eigenvalue weighted by Crippen LogP contribution is 2.35. The Morgan fingerprint density at radius 3 is 2.44 bits per heavy atom. The molecule has 1 aliphatic rings. The van der Waals surface area contributed by atoms with Crippen LogP contribution < -0.4 is 0 Å². The van der Waals surface area contributed by atoms with Gasteiger partial charge in [0.1, 0.15) is 5.69 Å². The zero-order chi connectivity index (χ0) is 25.4. The Kier molecular flexibility index (Phi) is 6.68. The number of hydrogen-bond acceptors (Lipinski definition) is 3. The molecular formula is C26H20Cl2F3N3O2. The highest BCUT2D eigenvalue weighted by molar-refractivity contribution is 6.38. The van der Waals surface area contributed by atoms with Crippen molar-refractivity contribution in [2.75, 3.05) is 26.3 Å². The molecule has 5 rings (SSSR count). The van der Waals surface area contributed by atoms with Gasteiger partial charge in [0.15, 0.2) is 0 Å². The lowest BCUT2D eigenvalue weighted by molar-refractivity contribution is -0.141. The molecule has 0 saturated carbocycles. The largest absolute Gasteiger partial charge is 0.433 e. The maximum absolute atomic E-state index is 13.4. The number of benzene rings is 2. The molecule has 0 atom stereocenters. The van der Waals surface area contributed by atoms with Crippen LogP contribution in [0.2, 0.25) is 10.0 Å². The summed E-state index contributed by atoms with van der Waals surface area (Å²) < 4.78 is 47.4. The highest BCUT2D eigenvalue weighted by Gasteiger charge is 2.33. The number of hydrogen-bond donors (Lipinski definition) is 0. The third-order valence-corrected chi connectivity index (χ3v) is 6.93. The van der Waals surface area contributed by atoms with Gasteiger partial charge in [0.2, 0.25) is 0 Å². The summed E-state index contributed by atoms with van der Waals surface area (Å²) in [5.74, 6) is -0.219. The summed E-state index contributed by atoms with van der Waals surface area (Å²) in [5.41, 5.74) is 1.53. The van der Waals surface area contributed by atoms with Crippen LogP contribution in [0.3, 0.4) is 0 Å². The van der Waals surface area contributed by atoms with Crippen LogP contribution in [0.1, 0.15) is 27.3 Å². The van der Waals surface area contributed by atoms with E-state index in [9.17, 15) is 18.0 Å². The van der Waals surface area contributed by atoms with Crippen molar-refractivity contribution in [2.45, 2.75) is 12.6 Å². The first-order valence-corrected chi connectivity index (χ1v) is 12.0. The van der Waals surface area contributed by atoms with Crippen LogP contribution in [0.4, 0.5) is 13.2 Å². The van der Waals surface area contributed by atoms with Crippen molar-refractivity contribution in [3.8, 4) is 5.69 Å². The molecule has 186 valence electrons. The smallest absolute Gasteiger partial charge is 0.378 e. The van der Waals surface area contributed by atoms with E-state index in [2.05, 4.69) is 4.98 Å². The second kappa shape index (κ2) is 9.76. The molecule has 10 heteroatoms. The van der Waals surface area contributed by atoms with Crippen molar-refractivity contribution in [1.82, 2.24) is 14.5 Å². The van der Waals surface area contributed by atoms with Crippen LogP contribution in [-0.2, 0) is 17.3 Å². The Bertz CT molecular complexity index is 1430. The number of para-hydroxylation sites is 1. The van der Waals surface area contributed by atoms with Crippen LogP contribution in [0.25, 0.3) is 16.6 Å². The second-order valence-corrected chi connectivity index (χ2v) is 9.19. The Balaban J connectivity index is 1.62. The number of nitrogens with zero attached hydrogens (tertiary/aromatic N) is 3. The Morgan fingerprint density at radius 1 is 1.03 bits per heavy atom. The fourth-order valence-electron chi connectivity index (χ4n) is 4.37. The maximum Gasteiger partial charge on any atom is 0.433 e. The molecule has 0 bridgehead atoms. The molecule has 1 amide bonds. The first-order valence-electron chi connectivity index (χ1n) is 11.2. The molecule has 5 nitrogen and oxygen atoms in total. The van der Waals surface area contributed by atoms with Crippen molar-refractivity contribution >= 4 is 40.0 Å². The van der Waals surface area contributed by atoms with Gasteiger partial charge in [0.05, 0.1) is 29.3 Å². The van der Waals surface area contributed by atoms with Gasteiger partial charge in [0, 0.05) is 47.5 Å². The van der Waals surface area contributed by atoms with Gasteiger partial charge >= 0.3 is 6.18 Å². The number of pyridine rings is 1. The fraction of sp³-hybridized carbons (Fsp3) is 0.231. The number of rotatable bonds is 4. The lowest BCUT2D eigenvalue weighted by atomic mass is 10.0. The Hall–Kier alpha value is -3.07. The fourth-order valence-corrected chi connectivity index (χ4v) is 4.95. The van der Waals surface area contributed by atoms with E-state index >= 15 is 0 Å². The molecule has 36 heavy (non-hydrogen) atoms. The number of carbonyl (C=O) groups is 1. The third kappa shape index (κ3) is 4.68. The molecule has 0 aliphatic carbocycles. The standard InChI is InChI=1S/C26H20Cl2F3N3O2/c27-21-7-6-19(25(35)33-8-10-36-11-9-33)24(28)20(21)13-18-12-16-15-32-23(26(29,30)31)14-22(16)34(18)17-4-2-1-3-5-17/h1-7,12,14-15H,8-11,13H2. The summed E-state index contributed by atoms with van der Waals surface area (Å²) in [6.45, 7) is 1.83. The molecule has 0 spiro atoms. The number of ether oxygens (including phenoxy) is 1. The van der Waals surface area contributed by atoms with Crippen molar-refractivity contribution in [3.63, 3.8) is 0 Å². The first kappa shape index (κ1) is 24.6. The predicted octanol–water partition coefficient (Wildman–Crippen LogP) is 6.41. The van der Waals surface area contributed by atoms with Gasteiger partial charge in [-0.15, -0.1) is 0 Å². The third-order valence-electron chi connectivity index (χ3n) is 6.14. The summed E-state index contributed by atoms with van der Waals surface area (Å²) in [6.07, 6.45) is -3.18. The summed E-state index contributed by atoms with van der Waals surface area (Å²) in [4.78, 5) is 18.4. The highest BCUT2D eigenvalue weighted by atomic mass is 35.5. The normalized spacial score (nSPS) is 14.4. The van der Waals surface area contributed by atoms with E-state index in [0.717, 1.165) is 6.07 Å². The molecule has 1 aliphatic heterocycles. The van der Waals surface area contributed by atoms with Gasteiger partial charge in [-0.25, -0.2) is 0 Å². The van der Waals surface area contributed by atoms with Crippen LogP contribution >= 0.6 is 23.2 Å². The summed E-state index contributed by atoms with van der Waals surface area (Å²) in [6, 6.07) is 15.1. The predicted molar refractivity (Wildman–Crippen MR) is 132 cm³/mol. The summed E-state index contributed by atoms with van der Waals surface area (Å²) in [7, 11) is 0. The zero-order valence-corrected chi connectivity index (χ0v) is 20.4. The van der Waals surface area contributed by atoms with Gasteiger partial charge in [-0.3, -0.25) is 9.78 Å². The van der Waals surface area contributed by atoms with E-state index < -0.39 is 11.9 Å². The number of aromatic nitrogens is 2. The molecule has 1 saturated heterocycles. The van der Waals surface area contributed by atoms with Crippen LogP contribution in [-0.4, -0.2) is 46.7 Å². The Morgan fingerprint density at radius 2 is 1.75 bits per heavy atom. The molecule has 1 fully saturated rings. The monoisotopic (exact) mass is 533 g/mol. The number of morpholine rings is 1. The average Bonchev–Trinajstić information content (AvgIpc) is 3.24. The van der Waals surface area contributed by atoms with Gasteiger partial charge in [0.25, 0.3) is 5.91 Å². The molecule has 2 aromatic carbocycles. The van der Waals surface area contributed by atoms with E-state index in [4.69, 9.17) is 27.9 Å². The van der Waals surface area contributed by atoms with E-state index in [1.165, 1.54) is 6.20 Å². The summed E-state index contributed by atoms with van der Waals surface area (Å²) >= 11 is 13.3. The van der Waals surface area contributed by atoms with Crippen molar-refractivity contribution in [1.29, 1.82) is 0 Å². The van der Waals surface area contributed by atoms with Gasteiger partial charge < -0.3 is 14.2 Å². The zero-order valence-electron chi connectivity index (χ0n) is 18.9. The number of halogens is 5. The number of amides is 1. The SMILES string of the molecule is O=C(c1ccc(Cl)c(Cc2cc3cnc(C(F)(F)F)cc3n2-c2ccccc2)c1Cl)N1CCOCC1. The molecule has 2 aromatic heterocycles. The minimum absolute atomic E-state index is 0.187. The quantitative estimate of drug-likeness (QED) is 0.304. The van der Waals surface area contributed by atoms with Crippen LogP contribution in [0.5, 0.6) is 0 Å². The lowest BCUT2D eigenvalue weighted by Gasteiger charge is -2.27. The van der Waals surface area contributed by atoms with E-state index in [0.29, 0.717) is 64.7 Å². The first-order chi connectivity index (χ1) is 17.2. The molecular weight excluding hydrogens is 514 g/mol. The number of alkyl halides is 3. The number of carbonyl (C=O) groups excluding carboxylic acids is 1. The minimum Gasteiger partial charge on any atom is -0.378 e. The topological polar surface area (TPSA) is 47.4 Å². The summed E-state index contributed by atoms with van der Waals surface area (Å²) in [5, 5.41) is 1.12. The van der Waals surface area contributed by atoms with Crippen molar-refractivity contribution < 1.29 is 22.7 Å². The van der Waals surface area contributed by atoms with Crippen molar-refractivity contribution in [2.24, 2.45) is 0 Å². The molecule has 0 unspecified atom stereocenters. The lowest BCUT2D eigenvalue weighted by Crippen LogP contribution is -2.40. The van der Waals surface area contributed by atoms with E-state index in [-0.39, 0.29) is 17.4 Å². The Labute approximate surface area is 215 Å². The van der Waals surface area contributed by atoms with E-state index in [1.807, 2.05) is 6.07 Å². The van der Waals surface area contributed by atoms with Crippen molar-refractivity contribution in [3.05, 3.63) is 93.4 Å². The molecule has 0 N–H and O–H groups in total.